The van der Waals surface area contributed by atoms with Crippen molar-refractivity contribution < 1.29 is 9.59 Å². The number of benzene rings is 3. The van der Waals surface area contributed by atoms with Crippen molar-refractivity contribution in [2.75, 3.05) is 44.2 Å². The molecule has 2 aliphatic heterocycles. The van der Waals surface area contributed by atoms with Gasteiger partial charge >= 0.3 is 0 Å². The van der Waals surface area contributed by atoms with Gasteiger partial charge in [0.1, 0.15) is 0 Å². The van der Waals surface area contributed by atoms with E-state index in [2.05, 4.69) is 68.1 Å². The van der Waals surface area contributed by atoms with E-state index in [1.54, 1.807) is 0 Å². The Morgan fingerprint density at radius 3 is 2.27 bits per heavy atom. The Morgan fingerprint density at radius 2 is 1.59 bits per heavy atom. The zero-order chi connectivity index (χ0) is 31.2. The Hall–Kier alpha value is -3.35. The van der Waals surface area contributed by atoms with Gasteiger partial charge < -0.3 is 20.4 Å². The molecule has 3 atom stereocenters. The third-order valence-electron chi connectivity index (χ3n) is 9.43. The molecule has 44 heavy (non-hydrogen) atoms. The first-order chi connectivity index (χ1) is 21.2. The molecule has 0 bridgehead atoms. The van der Waals surface area contributed by atoms with Crippen LogP contribution in [0.4, 0.5) is 5.69 Å². The van der Waals surface area contributed by atoms with Crippen LogP contribution in [0.5, 0.6) is 0 Å². The minimum atomic E-state index is -0.264. The van der Waals surface area contributed by atoms with Gasteiger partial charge in [0.05, 0.1) is 5.92 Å². The molecular formula is C37H47ClN4O2. The fourth-order valence-electron chi connectivity index (χ4n) is 6.70. The number of likely N-dealkylation sites (tertiary alicyclic amines) is 1. The number of nitrogens with zero attached hydrogens (tertiary/aromatic N) is 3. The molecule has 3 aromatic carbocycles. The second-order valence-electron chi connectivity index (χ2n) is 12.9. The second kappa shape index (κ2) is 14.6. The van der Waals surface area contributed by atoms with Crippen molar-refractivity contribution in [1.29, 1.82) is 0 Å². The molecular weight excluding hydrogens is 568 g/mol. The van der Waals surface area contributed by atoms with Gasteiger partial charge in [-0.2, -0.15) is 0 Å². The van der Waals surface area contributed by atoms with Crippen molar-refractivity contribution in [2.45, 2.75) is 58.4 Å². The van der Waals surface area contributed by atoms with Crippen LogP contribution >= 0.6 is 11.6 Å². The minimum Gasteiger partial charge on any atom is -0.368 e. The van der Waals surface area contributed by atoms with Gasteiger partial charge in [0.2, 0.25) is 11.8 Å². The molecule has 0 spiro atoms. The lowest BCUT2D eigenvalue weighted by molar-refractivity contribution is -0.136. The molecule has 2 amide bonds. The van der Waals surface area contributed by atoms with Crippen LogP contribution < -0.4 is 10.6 Å². The standard InChI is InChI=1S/C37H47ClN4O2/c1-26(2)36(39)31-23-27(3)13-18-34(31)40-19-21-41(22-20-40)37(44)33-25-42(24-32(33)29-14-16-30(38)17-15-29)35(43)12-8-7-11-28-9-5-4-6-10-28/h4-6,9-10,13-18,23,26,32-33,36H,7-8,11-12,19-22,24-25,39H2,1-3H3/t32-,33+,36-/m0/s1. The molecule has 2 fully saturated rings. The number of hydrogen-bond donors (Lipinski definition) is 1. The fraction of sp³-hybridized carbons (Fsp3) is 0.459. The van der Waals surface area contributed by atoms with E-state index >= 15 is 0 Å². The average Bonchev–Trinajstić information content (AvgIpc) is 3.49. The first-order valence-corrected chi connectivity index (χ1v) is 16.6. The highest BCUT2D eigenvalue weighted by atomic mass is 35.5. The van der Waals surface area contributed by atoms with Crippen molar-refractivity contribution in [3.05, 3.63) is 100 Å². The van der Waals surface area contributed by atoms with Gasteiger partial charge in [0, 0.05) is 68.4 Å². The molecule has 2 N–H and O–H groups in total. The SMILES string of the molecule is Cc1ccc(N2CCN(C(=O)[C@@H]3CN(C(=O)CCCCc4ccccc4)C[C@H]3c3ccc(Cl)cc3)CC2)c([C@@H](N)C(C)C)c1. The number of piperazine rings is 1. The van der Waals surface area contributed by atoms with Gasteiger partial charge in [-0.25, -0.2) is 0 Å². The molecule has 6 nitrogen and oxygen atoms in total. The minimum absolute atomic E-state index is 0.0370. The highest BCUT2D eigenvalue weighted by Crippen LogP contribution is 2.36. The number of nitrogens with two attached hydrogens (primary N) is 1. The lowest BCUT2D eigenvalue weighted by Crippen LogP contribution is -2.51. The normalized spacial score (nSPS) is 19.5. The number of amides is 2. The van der Waals surface area contributed by atoms with Crippen molar-refractivity contribution in [3.63, 3.8) is 0 Å². The number of unbranched alkanes of at least 4 members (excludes halogenated alkanes) is 1. The molecule has 0 saturated carbocycles. The lowest BCUT2D eigenvalue weighted by Gasteiger charge is -2.39. The summed E-state index contributed by atoms with van der Waals surface area (Å²) in [6, 6.07) is 24.7. The first kappa shape index (κ1) is 32.1. The third kappa shape index (κ3) is 7.65. The molecule has 0 unspecified atom stereocenters. The number of hydrogen-bond acceptors (Lipinski definition) is 4. The van der Waals surface area contributed by atoms with Crippen molar-refractivity contribution in [3.8, 4) is 0 Å². The zero-order valence-corrected chi connectivity index (χ0v) is 27.2. The fourth-order valence-corrected chi connectivity index (χ4v) is 6.83. The molecule has 2 heterocycles. The molecule has 2 aliphatic rings. The molecule has 0 radical (unpaired) electrons. The van der Waals surface area contributed by atoms with Gasteiger partial charge in [-0.1, -0.05) is 85.6 Å². The highest BCUT2D eigenvalue weighted by molar-refractivity contribution is 6.30. The molecule has 0 aromatic heterocycles. The summed E-state index contributed by atoms with van der Waals surface area (Å²) in [5.74, 6) is 0.316. The monoisotopic (exact) mass is 614 g/mol. The average molecular weight is 615 g/mol. The van der Waals surface area contributed by atoms with Crippen molar-refractivity contribution >= 4 is 29.1 Å². The molecule has 234 valence electrons. The quantitative estimate of drug-likeness (QED) is 0.261. The number of rotatable bonds is 10. The smallest absolute Gasteiger partial charge is 0.228 e. The van der Waals surface area contributed by atoms with E-state index in [1.165, 1.54) is 22.4 Å². The maximum Gasteiger partial charge on any atom is 0.228 e. The van der Waals surface area contributed by atoms with Gasteiger partial charge in [0.25, 0.3) is 0 Å². The van der Waals surface area contributed by atoms with Crippen LogP contribution in [-0.2, 0) is 16.0 Å². The zero-order valence-electron chi connectivity index (χ0n) is 26.4. The molecule has 7 heteroatoms. The summed E-state index contributed by atoms with van der Waals surface area (Å²) < 4.78 is 0. The maximum atomic E-state index is 14.1. The van der Waals surface area contributed by atoms with Crippen molar-refractivity contribution in [1.82, 2.24) is 9.80 Å². The Balaban J connectivity index is 1.24. The Labute approximate surface area is 268 Å². The van der Waals surface area contributed by atoms with Gasteiger partial charge in [-0.15, -0.1) is 0 Å². The molecule has 2 saturated heterocycles. The van der Waals surface area contributed by atoms with Crippen LogP contribution in [0.3, 0.4) is 0 Å². The maximum absolute atomic E-state index is 14.1. The van der Waals surface area contributed by atoms with Crippen LogP contribution in [0, 0.1) is 18.8 Å². The van der Waals surface area contributed by atoms with Crippen LogP contribution in [0.25, 0.3) is 0 Å². The summed E-state index contributed by atoms with van der Waals surface area (Å²) in [5.41, 5.74) is 12.6. The number of carbonyl (C=O) groups is 2. The number of carbonyl (C=O) groups excluding carboxylic acids is 2. The van der Waals surface area contributed by atoms with E-state index in [0.717, 1.165) is 37.9 Å². The Morgan fingerprint density at radius 1 is 0.886 bits per heavy atom. The van der Waals surface area contributed by atoms with Crippen LogP contribution in [0.15, 0.2) is 72.8 Å². The van der Waals surface area contributed by atoms with E-state index in [1.807, 2.05) is 40.1 Å². The number of halogens is 1. The Kier molecular flexibility index (Phi) is 10.7. The molecule has 0 aliphatic carbocycles. The summed E-state index contributed by atoms with van der Waals surface area (Å²) in [4.78, 5) is 33.8. The number of anilines is 1. The second-order valence-corrected chi connectivity index (χ2v) is 13.3. The van der Waals surface area contributed by atoms with Crippen LogP contribution in [0.1, 0.15) is 67.3 Å². The van der Waals surface area contributed by atoms with E-state index < -0.39 is 0 Å². The molecule has 5 rings (SSSR count). The van der Waals surface area contributed by atoms with E-state index in [9.17, 15) is 9.59 Å². The van der Waals surface area contributed by atoms with E-state index in [-0.39, 0.29) is 29.7 Å². The van der Waals surface area contributed by atoms with Gasteiger partial charge in [-0.05, 0) is 67.0 Å². The molecule has 3 aromatic rings. The third-order valence-corrected chi connectivity index (χ3v) is 9.68. The van der Waals surface area contributed by atoms with Crippen molar-refractivity contribution in [2.24, 2.45) is 17.6 Å². The van der Waals surface area contributed by atoms with Crippen LogP contribution in [-0.4, -0.2) is 60.9 Å². The topological polar surface area (TPSA) is 69.9 Å². The highest BCUT2D eigenvalue weighted by Gasteiger charge is 2.42. The van der Waals surface area contributed by atoms with Gasteiger partial charge in [-0.3, -0.25) is 9.59 Å². The van der Waals surface area contributed by atoms with E-state index in [0.29, 0.717) is 43.5 Å². The predicted octanol–water partition coefficient (Wildman–Crippen LogP) is 6.61. The Bertz CT molecular complexity index is 1400. The summed E-state index contributed by atoms with van der Waals surface area (Å²) >= 11 is 6.20. The van der Waals surface area contributed by atoms with Gasteiger partial charge in [0.15, 0.2) is 0 Å². The lowest BCUT2D eigenvalue weighted by atomic mass is 9.88. The number of aryl methyl sites for hydroxylation is 2. The summed E-state index contributed by atoms with van der Waals surface area (Å²) in [5, 5.41) is 0.671. The van der Waals surface area contributed by atoms with E-state index in [4.69, 9.17) is 17.3 Å². The summed E-state index contributed by atoms with van der Waals surface area (Å²) in [6.07, 6.45) is 3.30. The summed E-state index contributed by atoms with van der Waals surface area (Å²) in [6.45, 7) is 10.3. The summed E-state index contributed by atoms with van der Waals surface area (Å²) in [7, 11) is 0. The largest absolute Gasteiger partial charge is 0.368 e. The first-order valence-electron chi connectivity index (χ1n) is 16.2. The predicted molar refractivity (Wildman–Crippen MR) is 180 cm³/mol. The van der Waals surface area contributed by atoms with Crippen LogP contribution in [0.2, 0.25) is 5.02 Å².